The minimum absolute atomic E-state index is 0.0835. The van der Waals surface area contributed by atoms with Gasteiger partial charge < -0.3 is 14.2 Å². The van der Waals surface area contributed by atoms with Gasteiger partial charge in [-0.25, -0.2) is 8.42 Å². The Bertz CT molecular complexity index is 645. The lowest BCUT2D eigenvalue weighted by Gasteiger charge is -2.14. The van der Waals surface area contributed by atoms with Crippen LogP contribution < -0.4 is 4.72 Å². The van der Waals surface area contributed by atoms with E-state index in [9.17, 15) is 8.42 Å². The van der Waals surface area contributed by atoms with Crippen molar-refractivity contribution >= 4 is 15.9 Å². The number of ether oxygens (including phenoxy) is 3. The van der Waals surface area contributed by atoms with Crippen LogP contribution in [0, 0.1) is 0 Å². The Morgan fingerprint density at radius 2 is 2.00 bits per heavy atom. The number of amidine groups is 1. The summed E-state index contributed by atoms with van der Waals surface area (Å²) in [6, 6.07) is 6.81. The highest BCUT2D eigenvalue weighted by Crippen LogP contribution is 2.22. The molecule has 7 nitrogen and oxygen atoms in total. The van der Waals surface area contributed by atoms with Gasteiger partial charge in [0.25, 0.3) is 10.0 Å². The number of methoxy groups -OCH3 is 2. The van der Waals surface area contributed by atoms with Gasteiger partial charge in [0, 0.05) is 32.9 Å². The highest BCUT2D eigenvalue weighted by atomic mass is 32.2. The summed E-state index contributed by atoms with van der Waals surface area (Å²) in [4.78, 5) is 4.60. The zero-order valence-corrected chi connectivity index (χ0v) is 14.1. The van der Waals surface area contributed by atoms with E-state index in [1.54, 1.807) is 38.5 Å². The van der Waals surface area contributed by atoms with Crippen LogP contribution in [0.25, 0.3) is 0 Å². The fourth-order valence-electron chi connectivity index (χ4n) is 2.19. The van der Waals surface area contributed by atoms with Gasteiger partial charge in [0.15, 0.2) is 0 Å². The molecule has 1 heterocycles. The van der Waals surface area contributed by atoms with Gasteiger partial charge in [-0.1, -0.05) is 12.1 Å². The maximum Gasteiger partial charge on any atom is 0.263 e. The SMILES string of the molecule is COC[C@H](COCCCN=C1NS(=O)(=O)c2ccccc21)OC. The van der Waals surface area contributed by atoms with Gasteiger partial charge in [-0.15, -0.1) is 0 Å². The average Bonchev–Trinajstić information content (AvgIpc) is 2.81. The third-order valence-corrected chi connectivity index (χ3v) is 4.77. The summed E-state index contributed by atoms with van der Waals surface area (Å²) in [6.07, 6.45) is 0.608. The van der Waals surface area contributed by atoms with Crippen molar-refractivity contribution in [3.63, 3.8) is 0 Å². The van der Waals surface area contributed by atoms with E-state index in [4.69, 9.17) is 14.2 Å². The molecular weight excluding hydrogens is 320 g/mol. The molecule has 2 rings (SSSR count). The van der Waals surface area contributed by atoms with Crippen molar-refractivity contribution in [1.82, 2.24) is 4.72 Å². The minimum atomic E-state index is -3.47. The predicted octanol–water partition coefficient (Wildman–Crippen LogP) is 0.793. The standard InChI is InChI=1S/C15H22N2O5S/c1-20-10-12(21-2)11-22-9-5-8-16-15-13-6-3-4-7-14(13)23(18,19)17-15/h3-4,6-7,12H,5,8-11H2,1-2H3,(H,16,17)/t12-/m1/s1. The molecule has 0 amide bonds. The van der Waals surface area contributed by atoms with Gasteiger partial charge in [-0.2, -0.15) is 0 Å². The number of nitrogens with zero attached hydrogens (tertiary/aromatic N) is 1. The van der Waals surface area contributed by atoms with Crippen molar-refractivity contribution in [2.45, 2.75) is 17.4 Å². The Morgan fingerprint density at radius 3 is 2.74 bits per heavy atom. The number of hydrogen-bond donors (Lipinski definition) is 1. The molecule has 0 unspecified atom stereocenters. The summed E-state index contributed by atoms with van der Waals surface area (Å²) < 4.78 is 42.0. The molecule has 0 spiro atoms. The van der Waals surface area contributed by atoms with Crippen molar-refractivity contribution in [2.24, 2.45) is 4.99 Å². The van der Waals surface area contributed by atoms with Crippen molar-refractivity contribution in [1.29, 1.82) is 0 Å². The van der Waals surface area contributed by atoms with Crippen LogP contribution in [0.5, 0.6) is 0 Å². The first-order chi connectivity index (χ1) is 11.1. The molecule has 0 aromatic heterocycles. The number of sulfonamides is 1. The highest BCUT2D eigenvalue weighted by molar-refractivity contribution is 7.90. The molecule has 1 aliphatic rings. The van der Waals surface area contributed by atoms with Gasteiger partial charge in [-0.05, 0) is 18.6 Å². The lowest BCUT2D eigenvalue weighted by molar-refractivity contribution is -0.0303. The van der Waals surface area contributed by atoms with Crippen LogP contribution in [-0.2, 0) is 24.2 Å². The third-order valence-electron chi connectivity index (χ3n) is 3.37. The van der Waals surface area contributed by atoms with Crippen LogP contribution >= 0.6 is 0 Å². The van der Waals surface area contributed by atoms with Crippen LogP contribution in [0.15, 0.2) is 34.2 Å². The van der Waals surface area contributed by atoms with Crippen molar-refractivity contribution in [2.75, 3.05) is 40.6 Å². The molecule has 1 aromatic rings. The molecule has 0 saturated heterocycles. The first kappa shape index (κ1) is 17.9. The lowest BCUT2D eigenvalue weighted by Crippen LogP contribution is -2.24. The molecule has 0 bridgehead atoms. The number of hydrogen-bond acceptors (Lipinski definition) is 6. The fraction of sp³-hybridized carbons (Fsp3) is 0.533. The summed E-state index contributed by atoms with van der Waals surface area (Å²) in [5.41, 5.74) is 0.618. The minimum Gasteiger partial charge on any atom is -0.382 e. The van der Waals surface area contributed by atoms with Gasteiger partial charge in [0.05, 0.1) is 18.1 Å². The largest absolute Gasteiger partial charge is 0.382 e. The van der Waals surface area contributed by atoms with E-state index in [0.717, 1.165) is 0 Å². The van der Waals surface area contributed by atoms with Crippen molar-refractivity contribution < 1.29 is 22.6 Å². The van der Waals surface area contributed by atoms with Crippen molar-refractivity contribution in [3.8, 4) is 0 Å². The van der Waals surface area contributed by atoms with E-state index in [-0.39, 0.29) is 11.0 Å². The normalized spacial score (nSPS) is 18.6. The Morgan fingerprint density at radius 1 is 1.22 bits per heavy atom. The molecule has 23 heavy (non-hydrogen) atoms. The lowest BCUT2D eigenvalue weighted by atomic mass is 10.2. The highest BCUT2D eigenvalue weighted by Gasteiger charge is 2.29. The van der Waals surface area contributed by atoms with Crippen LogP contribution in [0.3, 0.4) is 0 Å². The Hall–Kier alpha value is -1.48. The summed E-state index contributed by atoms with van der Waals surface area (Å²) in [7, 11) is -0.238. The van der Waals surface area contributed by atoms with Gasteiger partial charge in [-0.3, -0.25) is 9.71 Å². The zero-order valence-electron chi connectivity index (χ0n) is 13.3. The molecule has 1 aliphatic heterocycles. The molecular formula is C15H22N2O5S. The molecule has 1 N–H and O–H groups in total. The van der Waals surface area contributed by atoms with E-state index in [1.807, 2.05) is 0 Å². The quantitative estimate of drug-likeness (QED) is 0.671. The number of benzene rings is 1. The number of aliphatic imine (C=N–C) groups is 1. The molecule has 1 atom stereocenters. The second-order valence-electron chi connectivity index (χ2n) is 5.07. The molecule has 1 aromatic carbocycles. The van der Waals surface area contributed by atoms with E-state index >= 15 is 0 Å². The fourth-order valence-corrected chi connectivity index (χ4v) is 3.44. The van der Waals surface area contributed by atoms with Crippen LogP contribution in [0.4, 0.5) is 0 Å². The molecule has 8 heteroatoms. The average molecular weight is 342 g/mol. The smallest absolute Gasteiger partial charge is 0.263 e. The van der Waals surface area contributed by atoms with E-state index in [1.165, 1.54) is 0 Å². The van der Waals surface area contributed by atoms with E-state index in [0.29, 0.717) is 44.2 Å². The predicted molar refractivity (Wildman–Crippen MR) is 86.3 cm³/mol. The Kier molecular flexibility index (Phi) is 6.52. The number of nitrogens with one attached hydrogen (secondary N) is 1. The summed E-state index contributed by atoms with van der Waals surface area (Å²) >= 11 is 0. The third kappa shape index (κ3) is 4.74. The van der Waals surface area contributed by atoms with E-state index in [2.05, 4.69) is 9.71 Å². The summed E-state index contributed by atoms with van der Waals surface area (Å²) in [5.74, 6) is 0.398. The van der Waals surface area contributed by atoms with E-state index < -0.39 is 10.0 Å². The van der Waals surface area contributed by atoms with Gasteiger partial charge in [0.1, 0.15) is 11.9 Å². The van der Waals surface area contributed by atoms with Crippen LogP contribution in [0.1, 0.15) is 12.0 Å². The van der Waals surface area contributed by atoms with Crippen LogP contribution in [-0.4, -0.2) is 60.9 Å². The Balaban J connectivity index is 1.79. The second kappa shape index (κ2) is 8.39. The van der Waals surface area contributed by atoms with Gasteiger partial charge in [0.2, 0.25) is 0 Å². The first-order valence-electron chi connectivity index (χ1n) is 7.34. The molecule has 0 saturated carbocycles. The topological polar surface area (TPSA) is 86.2 Å². The monoisotopic (exact) mass is 342 g/mol. The second-order valence-corrected chi connectivity index (χ2v) is 6.72. The molecule has 0 fully saturated rings. The molecule has 0 aliphatic carbocycles. The first-order valence-corrected chi connectivity index (χ1v) is 8.83. The van der Waals surface area contributed by atoms with Crippen LogP contribution in [0.2, 0.25) is 0 Å². The number of rotatable bonds is 9. The maximum atomic E-state index is 11.9. The summed E-state index contributed by atoms with van der Waals surface area (Å²) in [5, 5.41) is 0. The molecule has 128 valence electrons. The number of fused-ring (bicyclic) bond motifs is 1. The van der Waals surface area contributed by atoms with Crippen molar-refractivity contribution in [3.05, 3.63) is 29.8 Å². The van der Waals surface area contributed by atoms with Gasteiger partial charge >= 0.3 is 0 Å². The summed E-state index contributed by atoms with van der Waals surface area (Å²) in [6.45, 7) is 1.94. The molecule has 0 radical (unpaired) electrons. The zero-order chi connectivity index (χ0) is 16.7. The Labute approximate surface area is 136 Å². The maximum absolute atomic E-state index is 11.9.